The van der Waals surface area contributed by atoms with Gasteiger partial charge in [0.2, 0.25) is 10.0 Å². The Morgan fingerprint density at radius 3 is 2.31 bits per heavy atom. The number of nitro groups is 1. The summed E-state index contributed by atoms with van der Waals surface area (Å²) in [6.45, 7) is 8.69. The first kappa shape index (κ1) is 24.0. The summed E-state index contributed by atoms with van der Waals surface area (Å²) in [5.41, 5.74) is 3.85. The highest BCUT2D eigenvalue weighted by molar-refractivity contribution is 7.89. The van der Waals surface area contributed by atoms with Gasteiger partial charge in [-0.1, -0.05) is 12.1 Å². The Balaban J connectivity index is 1.80. The maximum atomic E-state index is 12.6. The molecule has 0 saturated carbocycles. The van der Waals surface area contributed by atoms with Crippen LogP contribution in [-0.2, 0) is 14.8 Å². The number of ether oxygens (including phenoxy) is 1. The molecule has 1 N–H and O–H groups in total. The zero-order chi connectivity index (χ0) is 23.5. The molecule has 1 saturated heterocycles. The summed E-state index contributed by atoms with van der Waals surface area (Å²) >= 11 is 0. The molecule has 0 aliphatic carbocycles. The number of hydrogen-bond donors (Lipinski definition) is 1. The Bertz CT molecular complexity index is 1080. The Kier molecular flexibility index (Phi) is 7.37. The molecule has 32 heavy (non-hydrogen) atoms. The van der Waals surface area contributed by atoms with Gasteiger partial charge in [-0.15, -0.1) is 0 Å². The zero-order valence-electron chi connectivity index (χ0n) is 18.9. The van der Waals surface area contributed by atoms with Gasteiger partial charge in [-0.2, -0.15) is 0 Å². The molecule has 3 rings (SSSR count). The number of piperazine rings is 1. The maximum Gasteiger partial charge on any atom is 0.293 e. The minimum atomic E-state index is -3.90. The smallest absolute Gasteiger partial charge is 0.293 e. The van der Waals surface area contributed by atoms with Crippen molar-refractivity contribution < 1.29 is 18.1 Å². The van der Waals surface area contributed by atoms with Crippen LogP contribution >= 0.6 is 0 Å². The number of nitrogens with zero attached hydrogens (tertiary/aromatic N) is 3. The number of nitro benzene ring substituents is 1. The van der Waals surface area contributed by atoms with Gasteiger partial charge in [-0.05, 0) is 50.1 Å². The van der Waals surface area contributed by atoms with Gasteiger partial charge in [-0.25, -0.2) is 13.1 Å². The van der Waals surface area contributed by atoms with E-state index in [0.717, 1.165) is 19.2 Å². The molecule has 10 heteroatoms. The quantitative estimate of drug-likeness (QED) is 0.475. The van der Waals surface area contributed by atoms with Gasteiger partial charge in [0.25, 0.3) is 5.69 Å². The predicted octanol–water partition coefficient (Wildman–Crippen LogP) is 2.85. The SMILES string of the molecule is COCC(C)NS(=O)(=O)c1ccc(N2CCN(c3cccc(C)c3C)CC2)c([N+](=O)[O-])c1. The van der Waals surface area contributed by atoms with Crippen molar-refractivity contribution in [2.45, 2.75) is 31.7 Å². The van der Waals surface area contributed by atoms with Crippen LogP contribution < -0.4 is 14.5 Å². The number of anilines is 2. The Morgan fingerprint density at radius 1 is 1.09 bits per heavy atom. The summed E-state index contributed by atoms with van der Waals surface area (Å²) in [5, 5.41) is 11.8. The van der Waals surface area contributed by atoms with Crippen molar-refractivity contribution in [2.75, 3.05) is 49.7 Å². The summed E-state index contributed by atoms with van der Waals surface area (Å²) in [4.78, 5) is 15.3. The van der Waals surface area contributed by atoms with Crippen molar-refractivity contribution in [1.29, 1.82) is 0 Å². The normalized spacial score (nSPS) is 15.6. The summed E-state index contributed by atoms with van der Waals surface area (Å²) in [5.74, 6) is 0. The Morgan fingerprint density at radius 2 is 1.72 bits per heavy atom. The molecule has 174 valence electrons. The van der Waals surface area contributed by atoms with Gasteiger partial charge in [0.1, 0.15) is 5.69 Å². The van der Waals surface area contributed by atoms with E-state index in [1.165, 1.54) is 36.1 Å². The maximum absolute atomic E-state index is 12.6. The van der Waals surface area contributed by atoms with E-state index >= 15 is 0 Å². The fourth-order valence-corrected chi connectivity index (χ4v) is 5.22. The van der Waals surface area contributed by atoms with Crippen molar-refractivity contribution in [3.63, 3.8) is 0 Å². The third-order valence-electron chi connectivity index (χ3n) is 5.76. The molecule has 1 atom stereocenters. The summed E-state index contributed by atoms with van der Waals surface area (Å²) in [6.07, 6.45) is 0. The third-order valence-corrected chi connectivity index (χ3v) is 7.35. The lowest BCUT2D eigenvalue weighted by Crippen LogP contribution is -2.47. The summed E-state index contributed by atoms with van der Waals surface area (Å²) in [7, 11) is -2.42. The van der Waals surface area contributed by atoms with Crippen LogP contribution in [0.4, 0.5) is 17.1 Å². The van der Waals surface area contributed by atoms with E-state index in [1.807, 2.05) is 11.0 Å². The molecule has 0 spiro atoms. The van der Waals surface area contributed by atoms with E-state index in [4.69, 9.17) is 4.74 Å². The Labute approximate surface area is 189 Å². The van der Waals surface area contributed by atoms with Gasteiger partial charge in [0, 0.05) is 51.1 Å². The fourth-order valence-electron chi connectivity index (χ4n) is 3.97. The van der Waals surface area contributed by atoms with Crippen molar-refractivity contribution in [3.8, 4) is 0 Å². The molecule has 0 bridgehead atoms. The third kappa shape index (κ3) is 5.20. The molecule has 2 aromatic rings. The van der Waals surface area contributed by atoms with Gasteiger partial charge in [0.05, 0.1) is 16.4 Å². The first-order valence-corrected chi connectivity index (χ1v) is 12.0. The molecule has 1 fully saturated rings. The molecule has 0 radical (unpaired) electrons. The van der Waals surface area contributed by atoms with E-state index in [9.17, 15) is 18.5 Å². The number of sulfonamides is 1. The van der Waals surface area contributed by atoms with E-state index < -0.39 is 21.0 Å². The first-order chi connectivity index (χ1) is 15.1. The van der Waals surface area contributed by atoms with E-state index in [0.29, 0.717) is 18.8 Å². The molecule has 1 unspecified atom stereocenters. The lowest BCUT2D eigenvalue weighted by Gasteiger charge is -2.38. The molecule has 9 nitrogen and oxygen atoms in total. The topological polar surface area (TPSA) is 105 Å². The van der Waals surface area contributed by atoms with Crippen LogP contribution in [0.15, 0.2) is 41.3 Å². The second-order valence-electron chi connectivity index (χ2n) is 8.08. The van der Waals surface area contributed by atoms with Crippen LogP contribution in [0.25, 0.3) is 0 Å². The molecule has 1 aliphatic rings. The van der Waals surface area contributed by atoms with E-state index in [1.54, 1.807) is 6.92 Å². The summed E-state index contributed by atoms with van der Waals surface area (Å²) in [6, 6.07) is 9.84. The number of nitrogens with one attached hydrogen (secondary N) is 1. The first-order valence-electron chi connectivity index (χ1n) is 10.5. The van der Waals surface area contributed by atoms with Crippen LogP contribution in [-0.4, -0.2) is 59.3 Å². The number of methoxy groups -OCH3 is 1. The lowest BCUT2D eigenvalue weighted by molar-refractivity contribution is -0.384. The second kappa shape index (κ2) is 9.85. The number of benzene rings is 2. The highest BCUT2D eigenvalue weighted by Crippen LogP contribution is 2.32. The lowest BCUT2D eigenvalue weighted by atomic mass is 10.1. The van der Waals surface area contributed by atoms with E-state index in [2.05, 4.69) is 35.6 Å². The van der Waals surface area contributed by atoms with Crippen molar-refractivity contribution >= 4 is 27.1 Å². The Hall–Kier alpha value is -2.69. The van der Waals surface area contributed by atoms with Crippen molar-refractivity contribution in [1.82, 2.24) is 4.72 Å². The highest BCUT2D eigenvalue weighted by atomic mass is 32.2. The van der Waals surface area contributed by atoms with Crippen LogP contribution in [0.2, 0.25) is 0 Å². The molecular weight excluding hydrogens is 432 g/mol. The van der Waals surface area contributed by atoms with Gasteiger partial charge >= 0.3 is 0 Å². The number of aryl methyl sites for hydroxylation is 1. The minimum absolute atomic E-state index is 0.134. The standard InChI is InChI=1S/C22H30N4O5S/c1-16-6-5-7-20(18(16)3)24-10-12-25(13-11-24)21-9-8-19(14-22(21)26(27)28)32(29,30)23-17(2)15-31-4/h5-9,14,17,23H,10-13,15H2,1-4H3. The van der Waals surface area contributed by atoms with Crippen LogP contribution in [0.3, 0.4) is 0 Å². The molecule has 0 amide bonds. The molecule has 1 aliphatic heterocycles. The monoisotopic (exact) mass is 462 g/mol. The highest BCUT2D eigenvalue weighted by Gasteiger charge is 2.27. The molecular formula is C22H30N4O5S. The van der Waals surface area contributed by atoms with Crippen LogP contribution in [0, 0.1) is 24.0 Å². The van der Waals surface area contributed by atoms with Gasteiger partial charge < -0.3 is 14.5 Å². The van der Waals surface area contributed by atoms with Crippen molar-refractivity contribution in [3.05, 3.63) is 57.6 Å². The van der Waals surface area contributed by atoms with Crippen molar-refractivity contribution in [2.24, 2.45) is 0 Å². The largest absolute Gasteiger partial charge is 0.383 e. The zero-order valence-corrected chi connectivity index (χ0v) is 19.7. The van der Waals surface area contributed by atoms with E-state index in [-0.39, 0.29) is 17.2 Å². The fraction of sp³-hybridized carbons (Fsp3) is 0.455. The van der Waals surface area contributed by atoms with Crippen LogP contribution in [0.1, 0.15) is 18.1 Å². The average molecular weight is 463 g/mol. The number of hydrogen-bond acceptors (Lipinski definition) is 7. The van der Waals surface area contributed by atoms with Gasteiger partial charge in [0.15, 0.2) is 0 Å². The minimum Gasteiger partial charge on any atom is -0.383 e. The summed E-state index contributed by atoms with van der Waals surface area (Å²) < 4.78 is 32.7. The van der Waals surface area contributed by atoms with Gasteiger partial charge in [-0.3, -0.25) is 10.1 Å². The number of rotatable bonds is 8. The predicted molar refractivity (Wildman–Crippen MR) is 125 cm³/mol. The second-order valence-corrected chi connectivity index (χ2v) is 9.79. The average Bonchev–Trinajstić information content (AvgIpc) is 2.75. The van der Waals surface area contributed by atoms with Crippen LogP contribution in [0.5, 0.6) is 0 Å². The molecule has 2 aromatic carbocycles. The molecule has 0 aromatic heterocycles. The molecule has 1 heterocycles.